The van der Waals surface area contributed by atoms with E-state index < -0.39 is 5.97 Å². The van der Waals surface area contributed by atoms with Gasteiger partial charge in [0.15, 0.2) is 15.2 Å². The van der Waals surface area contributed by atoms with Crippen LogP contribution >= 0.6 is 22.9 Å². The third-order valence-electron chi connectivity index (χ3n) is 3.90. The summed E-state index contributed by atoms with van der Waals surface area (Å²) in [4.78, 5) is 18.4. The fourth-order valence-electron chi connectivity index (χ4n) is 2.81. The number of methoxy groups -OCH3 is 1. The number of hydrogen-bond acceptors (Lipinski definition) is 7. The van der Waals surface area contributed by atoms with Crippen LogP contribution in [0.5, 0.6) is 0 Å². The van der Waals surface area contributed by atoms with Crippen molar-refractivity contribution in [3.63, 3.8) is 0 Å². The summed E-state index contributed by atoms with van der Waals surface area (Å²) in [6.07, 6.45) is 2.65. The largest absolute Gasteiger partial charge is 0.465 e. The van der Waals surface area contributed by atoms with Crippen molar-refractivity contribution in [3.8, 4) is 0 Å². The van der Waals surface area contributed by atoms with Gasteiger partial charge in [-0.25, -0.2) is 9.78 Å². The zero-order valence-electron chi connectivity index (χ0n) is 11.8. The first-order chi connectivity index (χ1) is 10.2. The van der Waals surface area contributed by atoms with E-state index in [9.17, 15) is 4.79 Å². The normalized spacial score (nSPS) is 25.6. The van der Waals surface area contributed by atoms with E-state index in [0.717, 1.165) is 13.2 Å². The van der Waals surface area contributed by atoms with Gasteiger partial charge in [-0.05, 0) is 19.4 Å². The summed E-state index contributed by atoms with van der Waals surface area (Å²) in [5, 5.41) is 4.00. The molecule has 0 bridgehead atoms. The number of carbonyl (C=O) groups excluding carboxylic acids is 1. The van der Waals surface area contributed by atoms with Crippen molar-refractivity contribution < 1.29 is 14.3 Å². The van der Waals surface area contributed by atoms with E-state index in [4.69, 9.17) is 16.3 Å². The smallest absolute Gasteiger partial charge is 0.351 e. The van der Waals surface area contributed by atoms with Crippen LogP contribution in [0.3, 0.4) is 0 Å². The summed E-state index contributed by atoms with van der Waals surface area (Å²) < 4.78 is 10.5. The molecule has 3 heterocycles. The number of nitrogens with one attached hydrogen (secondary N) is 1. The number of nitrogens with zero attached hydrogens (tertiary/aromatic N) is 2. The van der Waals surface area contributed by atoms with Gasteiger partial charge in [0.25, 0.3) is 0 Å². The van der Waals surface area contributed by atoms with Crippen molar-refractivity contribution in [2.75, 3.05) is 38.7 Å². The second-order valence-electron chi connectivity index (χ2n) is 5.26. The van der Waals surface area contributed by atoms with Crippen LogP contribution in [-0.2, 0) is 9.47 Å². The summed E-state index contributed by atoms with van der Waals surface area (Å²) >= 11 is 7.13. The summed E-state index contributed by atoms with van der Waals surface area (Å²) in [6, 6.07) is 0.599. The molecule has 0 spiro atoms. The molecule has 0 aliphatic carbocycles. The quantitative estimate of drug-likeness (QED) is 0.850. The van der Waals surface area contributed by atoms with Crippen LogP contribution < -0.4 is 5.32 Å². The van der Waals surface area contributed by atoms with Crippen LogP contribution in [0.1, 0.15) is 22.5 Å². The highest BCUT2D eigenvalue weighted by molar-refractivity contribution is 7.18. The van der Waals surface area contributed by atoms with Gasteiger partial charge in [-0.3, -0.25) is 4.90 Å². The zero-order valence-corrected chi connectivity index (χ0v) is 13.4. The molecule has 2 aliphatic rings. The Morgan fingerprint density at radius 2 is 2.52 bits per heavy atom. The molecule has 2 aliphatic heterocycles. The monoisotopic (exact) mass is 331 g/mol. The minimum absolute atomic E-state index is 0.142. The lowest BCUT2D eigenvalue weighted by atomic mass is 10.2. The molecule has 1 N–H and O–H groups in total. The first-order valence-electron chi connectivity index (χ1n) is 7.01. The summed E-state index contributed by atoms with van der Waals surface area (Å²) in [6.45, 7) is 3.58. The van der Waals surface area contributed by atoms with Gasteiger partial charge < -0.3 is 14.8 Å². The zero-order chi connectivity index (χ0) is 14.8. The minimum atomic E-state index is -0.459. The molecule has 0 amide bonds. The molecular weight excluding hydrogens is 314 g/mol. The number of carbonyl (C=O) groups is 1. The number of hydrogen-bond donors (Lipinski definition) is 1. The highest BCUT2D eigenvalue weighted by Gasteiger charge is 2.32. The highest BCUT2D eigenvalue weighted by Crippen LogP contribution is 2.28. The molecule has 21 heavy (non-hydrogen) atoms. The number of ether oxygens (including phenoxy) is 2. The van der Waals surface area contributed by atoms with Crippen LogP contribution in [0.4, 0.5) is 5.13 Å². The summed E-state index contributed by atoms with van der Waals surface area (Å²) in [5.74, 6) is -0.459. The molecule has 2 saturated heterocycles. The van der Waals surface area contributed by atoms with Crippen molar-refractivity contribution >= 4 is 34.0 Å². The predicted molar refractivity (Wildman–Crippen MR) is 81.3 cm³/mol. The summed E-state index contributed by atoms with van der Waals surface area (Å²) in [5.41, 5.74) is 0. The molecule has 1 aromatic rings. The number of fused-ring (bicyclic) bond motifs is 1. The Labute approximate surface area is 132 Å². The Morgan fingerprint density at radius 3 is 3.33 bits per heavy atom. The van der Waals surface area contributed by atoms with E-state index in [1.165, 1.54) is 37.8 Å². The van der Waals surface area contributed by atoms with E-state index >= 15 is 0 Å². The van der Waals surface area contributed by atoms with Gasteiger partial charge in [-0.1, -0.05) is 22.9 Å². The van der Waals surface area contributed by atoms with E-state index in [1.807, 2.05) is 0 Å². The molecule has 6 nitrogen and oxygen atoms in total. The number of thiazole rings is 1. The Morgan fingerprint density at radius 1 is 1.67 bits per heavy atom. The first-order valence-corrected chi connectivity index (χ1v) is 8.21. The summed E-state index contributed by atoms with van der Waals surface area (Å²) in [7, 11) is 1.33. The number of esters is 1. The molecule has 8 heteroatoms. The van der Waals surface area contributed by atoms with Crippen LogP contribution in [0.15, 0.2) is 0 Å². The third-order valence-corrected chi connectivity index (χ3v) is 5.28. The standard InChI is InChI=1S/C13H18ClN3O3S/c1-19-12(18)10-11(14)16-13(21-10)15-5-9-6-17-4-2-3-8(17)7-20-9/h8-9H,2-7H2,1H3,(H,15,16). The number of rotatable bonds is 4. The molecule has 1 aromatic heterocycles. The van der Waals surface area contributed by atoms with E-state index in [0.29, 0.717) is 22.6 Å². The van der Waals surface area contributed by atoms with Crippen LogP contribution in [0, 0.1) is 0 Å². The maximum atomic E-state index is 11.5. The number of morpholine rings is 1. The lowest BCUT2D eigenvalue weighted by molar-refractivity contribution is -0.0415. The van der Waals surface area contributed by atoms with Gasteiger partial charge in [0.1, 0.15) is 0 Å². The lowest BCUT2D eigenvalue weighted by Gasteiger charge is -2.35. The number of halogens is 1. The Hall–Kier alpha value is -0.890. The molecule has 2 fully saturated rings. The van der Waals surface area contributed by atoms with Gasteiger partial charge in [-0.15, -0.1) is 0 Å². The van der Waals surface area contributed by atoms with Crippen molar-refractivity contribution in [2.45, 2.75) is 25.0 Å². The highest BCUT2D eigenvalue weighted by atomic mass is 35.5. The number of anilines is 1. The van der Waals surface area contributed by atoms with Gasteiger partial charge >= 0.3 is 5.97 Å². The van der Waals surface area contributed by atoms with Crippen LogP contribution in [0.2, 0.25) is 5.15 Å². The Bertz CT molecular complexity index is 525. The van der Waals surface area contributed by atoms with Crippen molar-refractivity contribution in [1.82, 2.24) is 9.88 Å². The average Bonchev–Trinajstić information content (AvgIpc) is 3.10. The van der Waals surface area contributed by atoms with Crippen LogP contribution in [0.25, 0.3) is 0 Å². The molecular formula is C13H18ClN3O3S. The molecule has 3 rings (SSSR count). The van der Waals surface area contributed by atoms with Crippen molar-refractivity contribution in [1.29, 1.82) is 0 Å². The fourth-order valence-corrected chi connectivity index (χ4v) is 3.92. The minimum Gasteiger partial charge on any atom is -0.465 e. The first kappa shape index (κ1) is 15.0. The van der Waals surface area contributed by atoms with Crippen molar-refractivity contribution in [3.05, 3.63) is 10.0 Å². The van der Waals surface area contributed by atoms with E-state index in [2.05, 4.69) is 19.9 Å². The second kappa shape index (κ2) is 6.48. The Kier molecular flexibility index (Phi) is 4.63. The van der Waals surface area contributed by atoms with Gasteiger partial charge in [-0.2, -0.15) is 0 Å². The van der Waals surface area contributed by atoms with Gasteiger partial charge in [0.2, 0.25) is 0 Å². The SMILES string of the molecule is COC(=O)c1sc(NCC2CN3CCCC3CO2)nc1Cl. The molecule has 0 aromatic carbocycles. The molecule has 2 unspecified atom stereocenters. The molecule has 116 valence electrons. The average molecular weight is 332 g/mol. The molecule has 0 saturated carbocycles. The lowest BCUT2D eigenvalue weighted by Crippen LogP contribution is -2.48. The van der Waals surface area contributed by atoms with E-state index in [-0.39, 0.29) is 11.3 Å². The number of aromatic nitrogens is 1. The third kappa shape index (κ3) is 3.31. The molecule has 2 atom stereocenters. The maximum Gasteiger partial charge on any atom is 0.351 e. The topological polar surface area (TPSA) is 63.7 Å². The van der Waals surface area contributed by atoms with Gasteiger partial charge in [0, 0.05) is 19.1 Å². The van der Waals surface area contributed by atoms with Gasteiger partial charge in [0.05, 0.1) is 19.8 Å². The van der Waals surface area contributed by atoms with Crippen LogP contribution in [-0.4, -0.2) is 61.3 Å². The molecule has 0 radical (unpaired) electrons. The fraction of sp³-hybridized carbons (Fsp3) is 0.692. The van der Waals surface area contributed by atoms with Crippen molar-refractivity contribution in [2.24, 2.45) is 0 Å². The van der Waals surface area contributed by atoms with E-state index in [1.54, 1.807) is 0 Å². The maximum absolute atomic E-state index is 11.5. The second-order valence-corrected chi connectivity index (χ2v) is 6.61. The predicted octanol–water partition coefficient (Wildman–Crippen LogP) is 1.86. The Balaban J connectivity index is 1.54.